The first-order valence-electron chi connectivity index (χ1n) is 7.65. The highest BCUT2D eigenvalue weighted by Crippen LogP contribution is 2.19. The number of carbonyl (C=O) groups excluding carboxylic acids is 1. The first kappa shape index (κ1) is 16.6. The van der Waals surface area contributed by atoms with E-state index in [4.69, 9.17) is 4.74 Å². The summed E-state index contributed by atoms with van der Waals surface area (Å²) in [4.78, 5) is 15.8. The second-order valence-corrected chi connectivity index (χ2v) is 5.56. The lowest BCUT2D eigenvalue weighted by atomic mass is 10.0. The van der Waals surface area contributed by atoms with Gasteiger partial charge in [-0.25, -0.2) is 4.39 Å². The topological polar surface area (TPSA) is 79.9 Å². The number of pyridine rings is 1. The SMILES string of the molecule is COc1ccc(Cc2cc(C(=O)Nc3ccncc3F)n[nH]2)c(C)c1. The molecule has 3 rings (SSSR count). The molecule has 1 amide bonds. The molecular formula is C18H17FN4O2. The third kappa shape index (κ3) is 3.82. The number of H-pyrrole nitrogens is 1. The Hall–Kier alpha value is -3.22. The fraction of sp³-hybridized carbons (Fsp3) is 0.167. The summed E-state index contributed by atoms with van der Waals surface area (Å²) in [5.41, 5.74) is 3.22. The Kier molecular flexibility index (Phi) is 4.74. The van der Waals surface area contributed by atoms with Crippen molar-refractivity contribution in [2.24, 2.45) is 0 Å². The van der Waals surface area contributed by atoms with Crippen molar-refractivity contribution >= 4 is 11.6 Å². The molecular weight excluding hydrogens is 323 g/mol. The molecule has 3 aromatic rings. The average Bonchev–Trinajstić information content (AvgIpc) is 3.07. The van der Waals surface area contributed by atoms with Crippen molar-refractivity contribution in [1.29, 1.82) is 0 Å². The van der Waals surface area contributed by atoms with Crippen molar-refractivity contribution in [3.63, 3.8) is 0 Å². The van der Waals surface area contributed by atoms with Gasteiger partial charge in [0, 0.05) is 18.3 Å². The standard InChI is InChI=1S/C18H17FN4O2/c1-11-7-14(25-2)4-3-12(11)8-13-9-17(23-22-13)18(24)21-16-5-6-20-10-15(16)19/h3-7,9-10H,8H2,1-2H3,(H,22,23)(H,20,21,24). The maximum absolute atomic E-state index is 13.5. The average molecular weight is 340 g/mol. The van der Waals surface area contributed by atoms with Crippen LogP contribution in [0.15, 0.2) is 42.7 Å². The van der Waals surface area contributed by atoms with Crippen molar-refractivity contribution in [2.75, 3.05) is 12.4 Å². The van der Waals surface area contributed by atoms with Gasteiger partial charge >= 0.3 is 0 Å². The van der Waals surface area contributed by atoms with Crippen LogP contribution in [-0.2, 0) is 6.42 Å². The Labute approximate surface area is 144 Å². The molecule has 25 heavy (non-hydrogen) atoms. The summed E-state index contributed by atoms with van der Waals surface area (Å²) in [6.45, 7) is 1.99. The number of anilines is 1. The van der Waals surface area contributed by atoms with E-state index in [-0.39, 0.29) is 11.4 Å². The van der Waals surface area contributed by atoms with Gasteiger partial charge in [0.05, 0.1) is 19.0 Å². The molecule has 0 fully saturated rings. The van der Waals surface area contributed by atoms with Crippen LogP contribution in [0.25, 0.3) is 0 Å². The lowest BCUT2D eigenvalue weighted by Gasteiger charge is -2.06. The van der Waals surface area contributed by atoms with E-state index in [1.807, 2.05) is 25.1 Å². The van der Waals surface area contributed by atoms with E-state index >= 15 is 0 Å². The van der Waals surface area contributed by atoms with E-state index < -0.39 is 11.7 Å². The van der Waals surface area contributed by atoms with Gasteiger partial charge in [-0.1, -0.05) is 6.07 Å². The summed E-state index contributed by atoms with van der Waals surface area (Å²) in [5, 5.41) is 9.32. The minimum Gasteiger partial charge on any atom is -0.497 e. The molecule has 0 saturated heterocycles. The van der Waals surface area contributed by atoms with Crippen molar-refractivity contribution < 1.29 is 13.9 Å². The number of rotatable bonds is 5. The van der Waals surface area contributed by atoms with Gasteiger partial charge in [-0.15, -0.1) is 0 Å². The zero-order valence-corrected chi connectivity index (χ0v) is 13.8. The van der Waals surface area contributed by atoms with Gasteiger partial charge in [-0.3, -0.25) is 14.9 Å². The zero-order valence-electron chi connectivity index (χ0n) is 13.8. The summed E-state index contributed by atoms with van der Waals surface area (Å²) >= 11 is 0. The van der Waals surface area contributed by atoms with E-state index in [0.29, 0.717) is 6.42 Å². The summed E-state index contributed by atoms with van der Waals surface area (Å²) < 4.78 is 18.7. The number of hydrogen-bond acceptors (Lipinski definition) is 4. The second-order valence-electron chi connectivity index (χ2n) is 5.56. The molecule has 6 nitrogen and oxygen atoms in total. The molecule has 0 spiro atoms. The van der Waals surface area contributed by atoms with Crippen LogP contribution < -0.4 is 10.1 Å². The molecule has 2 aromatic heterocycles. The lowest BCUT2D eigenvalue weighted by Crippen LogP contribution is -2.13. The molecule has 0 bridgehead atoms. The minimum atomic E-state index is -0.597. The van der Waals surface area contributed by atoms with Crippen LogP contribution in [0.2, 0.25) is 0 Å². The number of carbonyl (C=O) groups is 1. The largest absolute Gasteiger partial charge is 0.497 e. The maximum Gasteiger partial charge on any atom is 0.276 e. The molecule has 0 atom stereocenters. The van der Waals surface area contributed by atoms with Gasteiger partial charge in [-0.05, 0) is 42.3 Å². The molecule has 128 valence electrons. The Bertz CT molecular complexity index is 908. The Morgan fingerprint density at radius 1 is 1.32 bits per heavy atom. The lowest BCUT2D eigenvalue weighted by molar-refractivity contribution is 0.102. The molecule has 2 N–H and O–H groups in total. The van der Waals surface area contributed by atoms with Crippen LogP contribution in [0.3, 0.4) is 0 Å². The Morgan fingerprint density at radius 2 is 2.16 bits per heavy atom. The Balaban J connectivity index is 1.72. The van der Waals surface area contributed by atoms with Crippen molar-refractivity contribution in [2.45, 2.75) is 13.3 Å². The van der Waals surface area contributed by atoms with Crippen molar-refractivity contribution in [3.8, 4) is 5.75 Å². The van der Waals surface area contributed by atoms with Gasteiger partial charge in [0.25, 0.3) is 5.91 Å². The first-order valence-corrected chi connectivity index (χ1v) is 7.65. The molecule has 0 aliphatic heterocycles. The highest BCUT2D eigenvalue weighted by atomic mass is 19.1. The van der Waals surface area contributed by atoms with E-state index in [1.54, 1.807) is 13.2 Å². The monoisotopic (exact) mass is 340 g/mol. The predicted molar refractivity (Wildman–Crippen MR) is 91.3 cm³/mol. The molecule has 0 radical (unpaired) electrons. The summed E-state index contributed by atoms with van der Waals surface area (Å²) in [6, 6.07) is 8.85. The fourth-order valence-corrected chi connectivity index (χ4v) is 2.43. The molecule has 1 aromatic carbocycles. The number of aromatic amines is 1. The number of aryl methyl sites for hydroxylation is 1. The maximum atomic E-state index is 13.5. The van der Waals surface area contributed by atoms with Gasteiger partial charge in [-0.2, -0.15) is 5.10 Å². The van der Waals surface area contributed by atoms with Crippen LogP contribution in [0.1, 0.15) is 27.3 Å². The highest BCUT2D eigenvalue weighted by Gasteiger charge is 2.13. The number of aromatic nitrogens is 3. The van der Waals surface area contributed by atoms with Crippen molar-refractivity contribution in [1.82, 2.24) is 15.2 Å². The van der Waals surface area contributed by atoms with E-state index in [1.165, 1.54) is 12.3 Å². The second kappa shape index (κ2) is 7.12. The van der Waals surface area contributed by atoms with E-state index in [0.717, 1.165) is 28.8 Å². The van der Waals surface area contributed by atoms with Crippen LogP contribution in [-0.4, -0.2) is 28.2 Å². The van der Waals surface area contributed by atoms with Crippen LogP contribution in [0, 0.1) is 12.7 Å². The first-order chi connectivity index (χ1) is 12.1. The summed E-state index contributed by atoms with van der Waals surface area (Å²) in [7, 11) is 1.62. The summed E-state index contributed by atoms with van der Waals surface area (Å²) in [5.74, 6) is -0.287. The number of hydrogen-bond donors (Lipinski definition) is 2. The third-order valence-electron chi connectivity index (χ3n) is 3.81. The number of nitrogens with zero attached hydrogens (tertiary/aromatic N) is 2. The number of halogens is 1. The van der Waals surface area contributed by atoms with Gasteiger partial charge in [0.2, 0.25) is 0 Å². The number of methoxy groups -OCH3 is 1. The highest BCUT2D eigenvalue weighted by molar-refractivity contribution is 6.02. The van der Waals surface area contributed by atoms with Crippen LogP contribution in [0.5, 0.6) is 5.75 Å². The molecule has 0 aliphatic carbocycles. The molecule has 0 aliphatic rings. The number of ether oxygens (including phenoxy) is 1. The summed E-state index contributed by atoms with van der Waals surface area (Å²) in [6.07, 6.45) is 3.04. The predicted octanol–water partition coefficient (Wildman–Crippen LogP) is 3.10. The normalized spacial score (nSPS) is 10.5. The van der Waals surface area contributed by atoms with Gasteiger partial charge < -0.3 is 10.1 Å². The Morgan fingerprint density at radius 3 is 2.88 bits per heavy atom. The smallest absolute Gasteiger partial charge is 0.276 e. The third-order valence-corrected chi connectivity index (χ3v) is 3.81. The molecule has 2 heterocycles. The van der Waals surface area contributed by atoms with E-state index in [2.05, 4.69) is 20.5 Å². The van der Waals surface area contributed by atoms with Gasteiger partial charge in [0.15, 0.2) is 11.5 Å². The molecule has 0 unspecified atom stereocenters. The molecule has 7 heteroatoms. The minimum absolute atomic E-state index is 0.0653. The van der Waals surface area contributed by atoms with Crippen LogP contribution >= 0.6 is 0 Å². The van der Waals surface area contributed by atoms with Gasteiger partial charge in [0.1, 0.15) is 5.75 Å². The number of benzene rings is 1. The van der Waals surface area contributed by atoms with E-state index in [9.17, 15) is 9.18 Å². The number of amides is 1. The zero-order chi connectivity index (χ0) is 17.8. The molecule has 0 saturated carbocycles. The fourth-order valence-electron chi connectivity index (χ4n) is 2.43. The van der Waals surface area contributed by atoms with Crippen molar-refractivity contribution in [3.05, 3.63) is 71.1 Å². The quantitative estimate of drug-likeness (QED) is 0.748. The number of nitrogens with one attached hydrogen (secondary N) is 2. The van der Waals surface area contributed by atoms with Crippen LogP contribution in [0.4, 0.5) is 10.1 Å².